The van der Waals surface area contributed by atoms with Crippen LogP contribution in [0.25, 0.3) is 0 Å². The molecular formula is C10H16BNO3. The summed E-state index contributed by atoms with van der Waals surface area (Å²) >= 11 is 0. The highest BCUT2D eigenvalue weighted by Gasteiger charge is 2.34. The summed E-state index contributed by atoms with van der Waals surface area (Å²) in [7, 11) is 1.80. The Bertz CT molecular complexity index is 290. The van der Waals surface area contributed by atoms with Crippen molar-refractivity contribution in [1.82, 2.24) is 4.90 Å². The van der Waals surface area contributed by atoms with Crippen LogP contribution in [0.1, 0.15) is 26.2 Å². The van der Waals surface area contributed by atoms with Crippen molar-refractivity contribution >= 4 is 19.8 Å². The van der Waals surface area contributed by atoms with Crippen LogP contribution >= 0.6 is 0 Å². The van der Waals surface area contributed by atoms with Gasteiger partial charge in [-0.3, -0.25) is 4.79 Å². The van der Waals surface area contributed by atoms with Gasteiger partial charge in [0.05, 0.1) is 0 Å². The number of allylic oxidation sites excluding steroid dienone is 1. The molecule has 1 saturated heterocycles. The van der Waals surface area contributed by atoms with E-state index in [1.165, 1.54) is 4.90 Å². The van der Waals surface area contributed by atoms with Gasteiger partial charge in [0.15, 0.2) is 0 Å². The fourth-order valence-electron chi connectivity index (χ4n) is 1.44. The van der Waals surface area contributed by atoms with Crippen molar-refractivity contribution < 1.29 is 14.3 Å². The fourth-order valence-corrected chi connectivity index (χ4v) is 1.44. The molecule has 1 atom stereocenters. The second kappa shape index (κ2) is 5.00. The number of ether oxygens (including phenoxy) is 1. The first-order chi connectivity index (χ1) is 7.06. The van der Waals surface area contributed by atoms with E-state index in [1.54, 1.807) is 7.85 Å². The Morgan fingerprint density at radius 1 is 1.67 bits per heavy atom. The molecule has 1 heterocycles. The third-order valence-electron chi connectivity index (χ3n) is 2.55. The summed E-state index contributed by atoms with van der Waals surface area (Å²) in [6.07, 6.45) is 1.33. The standard InChI is InChI=1S/C10H16BNO3/c1-3-7(2)4-5-9(13)12-8(11)6-15-10(12)14/h8H,2-6,11H2,1H3/t8-/m0/s1. The summed E-state index contributed by atoms with van der Waals surface area (Å²) in [5.41, 5.74) is 1.03. The van der Waals surface area contributed by atoms with Crippen LogP contribution in [0.15, 0.2) is 12.2 Å². The topological polar surface area (TPSA) is 46.6 Å². The van der Waals surface area contributed by atoms with E-state index in [2.05, 4.69) is 6.58 Å². The number of carbonyl (C=O) groups excluding carboxylic acids is 2. The zero-order valence-corrected chi connectivity index (χ0v) is 9.28. The van der Waals surface area contributed by atoms with Gasteiger partial charge < -0.3 is 4.74 Å². The van der Waals surface area contributed by atoms with Crippen molar-refractivity contribution in [2.24, 2.45) is 0 Å². The molecule has 0 saturated carbocycles. The Kier molecular flexibility index (Phi) is 3.94. The molecule has 2 amide bonds. The fraction of sp³-hybridized carbons (Fsp3) is 0.600. The van der Waals surface area contributed by atoms with Gasteiger partial charge in [-0.1, -0.05) is 19.1 Å². The second-order valence-corrected chi connectivity index (χ2v) is 3.79. The highest BCUT2D eigenvalue weighted by atomic mass is 16.6. The molecule has 0 aliphatic carbocycles. The number of rotatable bonds is 4. The molecular weight excluding hydrogens is 193 g/mol. The number of hydrogen-bond acceptors (Lipinski definition) is 3. The van der Waals surface area contributed by atoms with Crippen LogP contribution < -0.4 is 0 Å². The molecule has 1 aliphatic rings. The van der Waals surface area contributed by atoms with Gasteiger partial charge in [0.2, 0.25) is 5.91 Å². The molecule has 15 heavy (non-hydrogen) atoms. The highest BCUT2D eigenvalue weighted by molar-refractivity contribution is 6.16. The largest absolute Gasteiger partial charge is 0.448 e. The number of carbonyl (C=O) groups is 2. The second-order valence-electron chi connectivity index (χ2n) is 3.79. The Morgan fingerprint density at radius 3 is 2.80 bits per heavy atom. The highest BCUT2D eigenvalue weighted by Crippen LogP contribution is 2.14. The number of amides is 2. The van der Waals surface area contributed by atoms with E-state index in [0.717, 1.165) is 12.0 Å². The quantitative estimate of drug-likeness (QED) is 0.505. The molecule has 0 N–H and O–H groups in total. The van der Waals surface area contributed by atoms with Crippen molar-refractivity contribution in [1.29, 1.82) is 0 Å². The van der Waals surface area contributed by atoms with Crippen LogP contribution in [0, 0.1) is 0 Å². The average molecular weight is 209 g/mol. The minimum atomic E-state index is -0.519. The minimum Gasteiger partial charge on any atom is -0.448 e. The van der Waals surface area contributed by atoms with Gasteiger partial charge in [0, 0.05) is 12.4 Å². The summed E-state index contributed by atoms with van der Waals surface area (Å²) in [6, 6.07) is 0. The molecule has 0 aromatic rings. The smallest absolute Gasteiger partial charge is 0.416 e. The van der Waals surface area contributed by atoms with E-state index in [1.807, 2.05) is 6.92 Å². The molecule has 0 spiro atoms. The van der Waals surface area contributed by atoms with Gasteiger partial charge in [-0.2, -0.15) is 0 Å². The molecule has 1 aliphatic heterocycles. The van der Waals surface area contributed by atoms with Crippen molar-refractivity contribution in [3.8, 4) is 0 Å². The maximum atomic E-state index is 11.7. The lowest BCUT2D eigenvalue weighted by Crippen LogP contribution is -2.39. The van der Waals surface area contributed by atoms with Gasteiger partial charge >= 0.3 is 6.09 Å². The van der Waals surface area contributed by atoms with Crippen LogP contribution in [-0.4, -0.2) is 37.3 Å². The van der Waals surface area contributed by atoms with Gasteiger partial charge in [-0.25, -0.2) is 9.69 Å². The molecule has 5 heteroatoms. The first-order valence-electron chi connectivity index (χ1n) is 5.21. The first kappa shape index (κ1) is 11.8. The van der Waals surface area contributed by atoms with E-state index in [4.69, 9.17) is 4.74 Å². The van der Waals surface area contributed by atoms with E-state index in [9.17, 15) is 9.59 Å². The molecule has 0 unspecified atom stereocenters. The number of nitrogens with zero attached hydrogens (tertiary/aromatic N) is 1. The molecule has 0 aromatic carbocycles. The van der Waals surface area contributed by atoms with E-state index >= 15 is 0 Å². The monoisotopic (exact) mass is 209 g/mol. The van der Waals surface area contributed by atoms with Crippen LogP contribution in [0.2, 0.25) is 0 Å². The average Bonchev–Trinajstić information content (AvgIpc) is 2.54. The zero-order valence-electron chi connectivity index (χ0n) is 9.28. The Labute approximate surface area is 90.7 Å². The molecule has 82 valence electrons. The number of imide groups is 1. The molecule has 4 nitrogen and oxygen atoms in total. The van der Waals surface area contributed by atoms with Gasteiger partial charge in [0.25, 0.3) is 0 Å². The molecule has 1 rings (SSSR count). The molecule has 1 fully saturated rings. The van der Waals surface area contributed by atoms with Gasteiger partial charge in [-0.05, 0) is 12.8 Å². The van der Waals surface area contributed by atoms with Gasteiger partial charge in [-0.15, -0.1) is 0 Å². The molecule has 0 bridgehead atoms. The molecule has 0 radical (unpaired) electrons. The third kappa shape index (κ3) is 2.84. The van der Waals surface area contributed by atoms with Crippen LogP contribution in [0.4, 0.5) is 4.79 Å². The van der Waals surface area contributed by atoms with Crippen molar-refractivity contribution in [2.45, 2.75) is 32.1 Å². The summed E-state index contributed by atoms with van der Waals surface area (Å²) < 4.78 is 4.78. The van der Waals surface area contributed by atoms with Crippen LogP contribution in [0.3, 0.4) is 0 Å². The van der Waals surface area contributed by atoms with Crippen LogP contribution in [0.5, 0.6) is 0 Å². The number of cyclic esters (lactones) is 1. The number of hydrogen-bond donors (Lipinski definition) is 0. The Morgan fingerprint density at radius 2 is 2.33 bits per heavy atom. The lowest BCUT2D eigenvalue weighted by molar-refractivity contribution is -0.128. The van der Waals surface area contributed by atoms with Crippen molar-refractivity contribution in [3.05, 3.63) is 12.2 Å². The SMILES string of the molecule is B[C@@H]1COC(=O)N1C(=O)CCC(=C)CC. The normalized spacial score (nSPS) is 20.2. The lowest BCUT2D eigenvalue weighted by Gasteiger charge is -2.15. The summed E-state index contributed by atoms with van der Waals surface area (Å²) in [5.74, 6) is -0.306. The molecule has 0 aromatic heterocycles. The Balaban J connectivity index is 2.46. The van der Waals surface area contributed by atoms with E-state index in [0.29, 0.717) is 19.4 Å². The van der Waals surface area contributed by atoms with Crippen LogP contribution in [-0.2, 0) is 9.53 Å². The van der Waals surface area contributed by atoms with Gasteiger partial charge in [0.1, 0.15) is 14.5 Å². The predicted molar refractivity (Wildman–Crippen MR) is 59.2 cm³/mol. The third-order valence-corrected chi connectivity index (χ3v) is 2.55. The van der Waals surface area contributed by atoms with E-state index in [-0.39, 0.29) is 11.8 Å². The first-order valence-corrected chi connectivity index (χ1v) is 5.21. The van der Waals surface area contributed by atoms with E-state index < -0.39 is 6.09 Å². The maximum absolute atomic E-state index is 11.7. The summed E-state index contributed by atoms with van der Waals surface area (Å²) in [4.78, 5) is 24.1. The Hall–Kier alpha value is -1.26. The predicted octanol–water partition coefficient (Wildman–Crippen LogP) is 0.671. The zero-order chi connectivity index (χ0) is 11.4. The minimum absolute atomic E-state index is 0.139. The van der Waals surface area contributed by atoms with Crippen molar-refractivity contribution in [2.75, 3.05) is 6.61 Å². The summed E-state index contributed by atoms with van der Waals surface area (Å²) in [6.45, 7) is 6.13. The lowest BCUT2D eigenvalue weighted by atomic mass is 9.96. The van der Waals surface area contributed by atoms with Crippen molar-refractivity contribution in [3.63, 3.8) is 0 Å². The maximum Gasteiger partial charge on any atom is 0.416 e. The summed E-state index contributed by atoms with van der Waals surface area (Å²) in [5, 5.41) is 0.